The van der Waals surface area contributed by atoms with Crippen LogP contribution in [0.3, 0.4) is 0 Å². The molecule has 0 amide bonds. The van der Waals surface area contributed by atoms with E-state index in [1.54, 1.807) is 0 Å². The lowest BCUT2D eigenvalue weighted by atomic mass is 9.95. The van der Waals surface area contributed by atoms with Gasteiger partial charge in [0.2, 0.25) is 0 Å². The van der Waals surface area contributed by atoms with Crippen LogP contribution in [0.4, 0.5) is 0 Å². The van der Waals surface area contributed by atoms with Crippen LogP contribution >= 0.6 is 0 Å². The van der Waals surface area contributed by atoms with Crippen LogP contribution in [0, 0.1) is 13.8 Å². The van der Waals surface area contributed by atoms with Crippen LogP contribution in [-0.2, 0) is 6.42 Å². The summed E-state index contributed by atoms with van der Waals surface area (Å²) in [7, 11) is 0. The van der Waals surface area contributed by atoms with Crippen LogP contribution in [0.1, 0.15) is 34.7 Å². The predicted molar refractivity (Wildman–Crippen MR) is 76.6 cm³/mol. The van der Waals surface area contributed by atoms with Crippen molar-refractivity contribution in [3.8, 4) is 11.1 Å². The van der Waals surface area contributed by atoms with Gasteiger partial charge in [0, 0.05) is 6.04 Å². The van der Waals surface area contributed by atoms with Gasteiger partial charge in [-0.05, 0) is 60.6 Å². The van der Waals surface area contributed by atoms with Crippen molar-refractivity contribution in [2.24, 2.45) is 5.73 Å². The first-order chi connectivity index (χ1) is 8.65. The van der Waals surface area contributed by atoms with E-state index in [-0.39, 0.29) is 6.04 Å². The zero-order valence-corrected chi connectivity index (χ0v) is 11.0. The molecule has 0 spiro atoms. The van der Waals surface area contributed by atoms with Crippen molar-refractivity contribution in [3.05, 3.63) is 58.7 Å². The molecule has 0 bridgehead atoms. The SMILES string of the molecule is Cc1ccc(-c2ccc3c(c2)C(N)CC3)c(C)c1. The first-order valence-corrected chi connectivity index (χ1v) is 6.61. The highest BCUT2D eigenvalue weighted by Crippen LogP contribution is 2.34. The molecule has 0 saturated carbocycles. The summed E-state index contributed by atoms with van der Waals surface area (Å²) >= 11 is 0. The number of rotatable bonds is 1. The molecule has 0 radical (unpaired) electrons. The number of benzene rings is 2. The van der Waals surface area contributed by atoms with E-state index < -0.39 is 0 Å². The Hall–Kier alpha value is -1.60. The van der Waals surface area contributed by atoms with E-state index in [0.29, 0.717) is 0 Å². The Balaban J connectivity index is 2.10. The fourth-order valence-corrected chi connectivity index (χ4v) is 2.94. The summed E-state index contributed by atoms with van der Waals surface area (Å²) in [6.45, 7) is 4.31. The van der Waals surface area contributed by atoms with Crippen molar-refractivity contribution in [1.29, 1.82) is 0 Å². The standard InChI is InChI=1S/C17H19N/c1-11-3-7-15(12(2)9-11)14-5-4-13-6-8-17(18)16(13)10-14/h3-5,7,9-10,17H,6,8,18H2,1-2H3. The second-order valence-corrected chi connectivity index (χ2v) is 5.38. The molecule has 0 fully saturated rings. The van der Waals surface area contributed by atoms with E-state index >= 15 is 0 Å². The summed E-state index contributed by atoms with van der Waals surface area (Å²) < 4.78 is 0. The van der Waals surface area contributed by atoms with E-state index in [2.05, 4.69) is 50.2 Å². The van der Waals surface area contributed by atoms with E-state index in [4.69, 9.17) is 5.73 Å². The van der Waals surface area contributed by atoms with E-state index in [1.165, 1.54) is 33.4 Å². The van der Waals surface area contributed by atoms with Crippen molar-refractivity contribution >= 4 is 0 Å². The van der Waals surface area contributed by atoms with Crippen LogP contribution in [0.2, 0.25) is 0 Å². The van der Waals surface area contributed by atoms with E-state index in [9.17, 15) is 0 Å². The first kappa shape index (κ1) is 11.5. The molecule has 0 aliphatic heterocycles. The molecule has 1 heteroatoms. The van der Waals surface area contributed by atoms with Crippen LogP contribution in [-0.4, -0.2) is 0 Å². The monoisotopic (exact) mass is 237 g/mol. The third-order valence-corrected chi connectivity index (χ3v) is 3.96. The van der Waals surface area contributed by atoms with Gasteiger partial charge < -0.3 is 5.73 Å². The molecule has 18 heavy (non-hydrogen) atoms. The van der Waals surface area contributed by atoms with Gasteiger partial charge in [-0.2, -0.15) is 0 Å². The largest absolute Gasteiger partial charge is 0.324 e. The fourth-order valence-electron chi connectivity index (χ4n) is 2.94. The molecule has 0 aromatic heterocycles. The molecule has 2 N–H and O–H groups in total. The third kappa shape index (κ3) is 1.85. The number of aryl methyl sites for hydroxylation is 3. The van der Waals surface area contributed by atoms with Gasteiger partial charge in [-0.15, -0.1) is 0 Å². The molecule has 2 aromatic rings. The van der Waals surface area contributed by atoms with Gasteiger partial charge in [0.1, 0.15) is 0 Å². The Morgan fingerprint density at radius 2 is 1.89 bits per heavy atom. The Labute approximate surface area is 109 Å². The van der Waals surface area contributed by atoms with Gasteiger partial charge >= 0.3 is 0 Å². The molecule has 0 saturated heterocycles. The quantitative estimate of drug-likeness (QED) is 0.799. The number of nitrogens with two attached hydrogens (primary N) is 1. The zero-order chi connectivity index (χ0) is 12.7. The first-order valence-electron chi connectivity index (χ1n) is 6.61. The van der Waals surface area contributed by atoms with Gasteiger partial charge in [0.15, 0.2) is 0 Å². The summed E-state index contributed by atoms with van der Waals surface area (Å²) in [6, 6.07) is 13.6. The fraction of sp³-hybridized carbons (Fsp3) is 0.294. The Morgan fingerprint density at radius 3 is 2.67 bits per heavy atom. The summed E-state index contributed by atoms with van der Waals surface area (Å²) in [4.78, 5) is 0. The molecule has 3 rings (SSSR count). The molecule has 1 aliphatic rings. The smallest absolute Gasteiger partial charge is 0.0300 e. The second kappa shape index (κ2) is 4.25. The van der Waals surface area contributed by atoms with E-state index in [0.717, 1.165) is 12.8 Å². The Bertz CT molecular complexity index is 599. The molecule has 1 unspecified atom stereocenters. The predicted octanol–water partition coefficient (Wildman–Crippen LogP) is 3.92. The molecule has 1 nitrogen and oxygen atoms in total. The number of hydrogen-bond donors (Lipinski definition) is 1. The van der Waals surface area contributed by atoms with Crippen molar-refractivity contribution < 1.29 is 0 Å². The highest BCUT2D eigenvalue weighted by atomic mass is 14.6. The summed E-state index contributed by atoms with van der Waals surface area (Å²) in [5, 5.41) is 0. The molecule has 2 aromatic carbocycles. The maximum Gasteiger partial charge on any atom is 0.0300 e. The third-order valence-electron chi connectivity index (χ3n) is 3.96. The summed E-state index contributed by atoms with van der Waals surface area (Å²) in [6.07, 6.45) is 2.22. The molecular weight excluding hydrogens is 218 g/mol. The van der Waals surface area contributed by atoms with E-state index in [1.807, 2.05) is 0 Å². The lowest BCUT2D eigenvalue weighted by Gasteiger charge is -2.11. The van der Waals surface area contributed by atoms with Gasteiger partial charge in [-0.3, -0.25) is 0 Å². The van der Waals surface area contributed by atoms with Crippen LogP contribution in [0.5, 0.6) is 0 Å². The number of fused-ring (bicyclic) bond motifs is 1. The zero-order valence-electron chi connectivity index (χ0n) is 11.0. The molecule has 1 atom stereocenters. The minimum absolute atomic E-state index is 0.228. The maximum atomic E-state index is 6.16. The summed E-state index contributed by atoms with van der Waals surface area (Å²) in [5.41, 5.74) is 14.2. The van der Waals surface area contributed by atoms with Crippen LogP contribution in [0.25, 0.3) is 11.1 Å². The molecular formula is C17H19N. The second-order valence-electron chi connectivity index (χ2n) is 5.38. The topological polar surface area (TPSA) is 26.0 Å². The average molecular weight is 237 g/mol. The Morgan fingerprint density at radius 1 is 1.06 bits per heavy atom. The van der Waals surface area contributed by atoms with Crippen LogP contribution < -0.4 is 5.73 Å². The van der Waals surface area contributed by atoms with Gasteiger partial charge in [0.05, 0.1) is 0 Å². The highest BCUT2D eigenvalue weighted by Gasteiger charge is 2.19. The number of hydrogen-bond acceptors (Lipinski definition) is 1. The lowest BCUT2D eigenvalue weighted by molar-refractivity contribution is 0.713. The van der Waals surface area contributed by atoms with Crippen molar-refractivity contribution in [2.75, 3.05) is 0 Å². The molecule has 0 heterocycles. The summed E-state index contributed by atoms with van der Waals surface area (Å²) in [5.74, 6) is 0. The molecule has 1 aliphatic carbocycles. The van der Waals surface area contributed by atoms with Crippen molar-refractivity contribution in [3.63, 3.8) is 0 Å². The van der Waals surface area contributed by atoms with Gasteiger partial charge in [-0.25, -0.2) is 0 Å². The van der Waals surface area contributed by atoms with Gasteiger partial charge in [0.25, 0.3) is 0 Å². The van der Waals surface area contributed by atoms with Crippen LogP contribution in [0.15, 0.2) is 36.4 Å². The maximum absolute atomic E-state index is 6.16. The molecule has 92 valence electrons. The lowest BCUT2D eigenvalue weighted by Crippen LogP contribution is -2.05. The normalized spacial score (nSPS) is 17.8. The highest BCUT2D eigenvalue weighted by molar-refractivity contribution is 5.69. The minimum Gasteiger partial charge on any atom is -0.324 e. The van der Waals surface area contributed by atoms with Crippen molar-refractivity contribution in [2.45, 2.75) is 32.7 Å². The minimum atomic E-state index is 0.228. The Kier molecular flexibility index (Phi) is 2.71. The van der Waals surface area contributed by atoms with Gasteiger partial charge in [-0.1, -0.05) is 35.9 Å². The van der Waals surface area contributed by atoms with Crippen molar-refractivity contribution in [1.82, 2.24) is 0 Å². The average Bonchev–Trinajstić information content (AvgIpc) is 2.71.